The summed E-state index contributed by atoms with van der Waals surface area (Å²) in [6.07, 6.45) is 0.345. The minimum Gasteiger partial charge on any atom is -0.497 e. The van der Waals surface area contributed by atoms with Crippen molar-refractivity contribution in [2.24, 2.45) is 0 Å². The highest BCUT2D eigenvalue weighted by atomic mass is 79.9. The smallest absolute Gasteiger partial charge is 0.307 e. The Morgan fingerprint density at radius 1 is 1.47 bits per heavy atom. The summed E-state index contributed by atoms with van der Waals surface area (Å²) in [6, 6.07) is 5.63. The van der Waals surface area contributed by atoms with Crippen LogP contribution in [0.15, 0.2) is 22.7 Å². The second-order valence-corrected chi connectivity index (χ2v) is 4.18. The minimum absolute atomic E-state index is 0.195. The van der Waals surface area contributed by atoms with Gasteiger partial charge in [0.25, 0.3) is 0 Å². The largest absolute Gasteiger partial charge is 0.497 e. The van der Waals surface area contributed by atoms with Crippen LogP contribution in [0.5, 0.6) is 5.75 Å². The van der Waals surface area contributed by atoms with Gasteiger partial charge >= 0.3 is 5.97 Å². The van der Waals surface area contributed by atoms with Gasteiger partial charge < -0.3 is 14.8 Å². The first kappa shape index (κ1) is 13.8. The Balaban J connectivity index is 2.48. The van der Waals surface area contributed by atoms with Crippen LogP contribution in [0.3, 0.4) is 0 Å². The lowest BCUT2D eigenvalue weighted by atomic mass is 10.3. The molecule has 0 fully saturated rings. The van der Waals surface area contributed by atoms with Gasteiger partial charge in [-0.25, -0.2) is 0 Å². The SMILES string of the molecule is CCOC(=O)CCNc1cc(OC)ccc1Br. The van der Waals surface area contributed by atoms with Crippen molar-refractivity contribution in [2.45, 2.75) is 13.3 Å². The number of rotatable bonds is 6. The van der Waals surface area contributed by atoms with Crippen LogP contribution in [0.25, 0.3) is 0 Å². The fourth-order valence-electron chi connectivity index (χ4n) is 1.30. The molecule has 0 radical (unpaired) electrons. The van der Waals surface area contributed by atoms with E-state index in [4.69, 9.17) is 9.47 Å². The van der Waals surface area contributed by atoms with Gasteiger partial charge in [-0.3, -0.25) is 4.79 Å². The van der Waals surface area contributed by atoms with E-state index in [9.17, 15) is 4.79 Å². The number of carbonyl (C=O) groups excluding carboxylic acids is 1. The number of methoxy groups -OCH3 is 1. The number of hydrogen-bond donors (Lipinski definition) is 1. The maximum absolute atomic E-state index is 11.1. The standard InChI is InChI=1S/C12H16BrNO3/c1-3-17-12(15)6-7-14-11-8-9(16-2)4-5-10(11)13/h4-5,8,14H,3,6-7H2,1-2H3. The van der Waals surface area contributed by atoms with Crippen molar-refractivity contribution >= 4 is 27.6 Å². The minimum atomic E-state index is -0.195. The molecule has 1 rings (SSSR count). The van der Waals surface area contributed by atoms with Crippen LogP contribution in [0.4, 0.5) is 5.69 Å². The van der Waals surface area contributed by atoms with Crippen molar-refractivity contribution in [1.29, 1.82) is 0 Å². The van der Waals surface area contributed by atoms with Crippen LogP contribution >= 0.6 is 15.9 Å². The number of anilines is 1. The number of hydrogen-bond acceptors (Lipinski definition) is 4. The molecule has 0 saturated heterocycles. The van der Waals surface area contributed by atoms with Gasteiger partial charge in [-0.1, -0.05) is 0 Å². The summed E-state index contributed by atoms with van der Waals surface area (Å²) in [4.78, 5) is 11.1. The van der Waals surface area contributed by atoms with E-state index < -0.39 is 0 Å². The van der Waals surface area contributed by atoms with Gasteiger partial charge in [0.05, 0.1) is 25.8 Å². The molecule has 0 atom stereocenters. The molecule has 1 aromatic carbocycles. The molecular weight excluding hydrogens is 286 g/mol. The second-order valence-electron chi connectivity index (χ2n) is 3.33. The molecule has 0 unspecified atom stereocenters. The van der Waals surface area contributed by atoms with Gasteiger partial charge in [0.2, 0.25) is 0 Å². The van der Waals surface area contributed by atoms with E-state index in [2.05, 4.69) is 21.2 Å². The maximum atomic E-state index is 11.1. The molecule has 4 nitrogen and oxygen atoms in total. The van der Waals surface area contributed by atoms with Gasteiger partial charge in [0.15, 0.2) is 0 Å². The summed E-state index contributed by atoms with van der Waals surface area (Å²) in [5, 5.41) is 3.15. The highest BCUT2D eigenvalue weighted by Gasteiger charge is 2.04. The number of nitrogens with one attached hydrogen (secondary N) is 1. The fraction of sp³-hybridized carbons (Fsp3) is 0.417. The van der Waals surface area contributed by atoms with Gasteiger partial charge in [0, 0.05) is 17.1 Å². The number of halogens is 1. The summed E-state index contributed by atoms with van der Waals surface area (Å²) in [6.45, 7) is 2.75. The summed E-state index contributed by atoms with van der Waals surface area (Å²) in [5.74, 6) is 0.575. The average molecular weight is 302 g/mol. The third kappa shape index (κ3) is 4.65. The first-order valence-corrected chi connectivity index (χ1v) is 6.19. The third-order valence-electron chi connectivity index (χ3n) is 2.12. The molecular formula is C12H16BrNO3. The van der Waals surface area contributed by atoms with E-state index in [0.29, 0.717) is 19.6 Å². The van der Waals surface area contributed by atoms with Gasteiger partial charge in [-0.2, -0.15) is 0 Å². The van der Waals surface area contributed by atoms with E-state index in [1.807, 2.05) is 18.2 Å². The second kappa shape index (κ2) is 7.17. The molecule has 0 bridgehead atoms. The quantitative estimate of drug-likeness (QED) is 0.821. The van der Waals surface area contributed by atoms with Gasteiger partial charge in [0.1, 0.15) is 5.75 Å². The molecule has 94 valence electrons. The lowest BCUT2D eigenvalue weighted by Gasteiger charge is -2.09. The molecule has 0 aliphatic carbocycles. The molecule has 0 heterocycles. The van der Waals surface area contributed by atoms with E-state index >= 15 is 0 Å². The van der Waals surface area contributed by atoms with E-state index in [-0.39, 0.29) is 5.97 Å². The molecule has 0 amide bonds. The first-order chi connectivity index (χ1) is 8.17. The zero-order chi connectivity index (χ0) is 12.7. The van der Waals surface area contributed by atoms with Gasteiger partial charge in [-0.05, 0) is 35.0 Å². The lowest BCUT2D eigenvalue weighted by Crippen LogP contribution is -2.11. The zero-order valence-electron chi connectivity index (χ0n) is 9.96. The van der Waals surface area contributed by atoms with Crippen LogP contribution in [0.2, 0.25) is 0 Å². The molecule has 5 heteroatoms. The molecule has 1 aromatic rings. The number of benzene rings is 1. The molecule has 17 heavy (non-hydrogen) atoms. The van der Waals surface area contributed by atoms with Crippen molar-refractivity contribution in [2.75, 3.05) is 25.6 Å². The number of carbonyl (C=O) groups is 1. The Kier molecular flexibility index (Phi) is 5.83. The van der Waals surface area contributed by atoms with Crippen molar-refractivity contribution in [3.63, 3.8) is 0 Å². The summed E-state index contributed by atoms with van der Waals surface area (Å²) in [7, 11) is 1.62. The number of esters is 1. The molecule has 0 spiro atoms. The molecule has 0 saturated carbocycles. The van der Waals surface area contributed by atoms with Crippen LogP contribution in [0, 0.1) is 0 Å². The Morgan fingerprint density at radius 3 is 2.88 bits per heavy atom. The number of ether oxygens (including phenoxy) is 2. The lowest BCUT2D eigenvalue weighted by molar-refractivity contribution is -0.142. The van der Waals surface area contributed by atoms with Crippen molar-refractivity contribution < 1.29 is 14.3 Å². The fourth-order valence-corrected chi connectivity index (χ4v) is 1.69. The average Bonchev–Trinajstić information content (AvgIpc) is 2.32. The molecule has 0 aliphatic heterocycles. The molecule has 0 aromatic heterocycles. The van der Waals surface area contributed by atoms with E-state index in [0.717, 1.165) is 15.9 Å². The summed E-state index contributed by atoms with van der Waals surface area (Å²) in [5.41, 5.74) is 0.897. The Labute approximate surface area is 109 Å². The zero-order valence-corrected chi connectivity index (χ0v) is 11.5. The molecule has 1 N–H and O–H groups in total. The first-order valence-electron chi connectivity index (χ1n) is 5.40. The van der Waals surface area contributed by atoms with Crippen LogP contribution in [-0.4, -0.2) is 26.2 Å². The topological polar surface area (TPSA) is 47.6 Å². The van der Waals surface area contributed by atoms with Crippen molar-refractivity contribution in [3.05, 3.63) is 22.7 Å². The highest BCUT2D eigenvalue weighted by molar-refractivity contribution is 9.10. The predicted molar refractivity (Wildman–Crippen MR) is 70.4 cm³/mol. The van der Waals surface area contributed by atoms with E-state index in [1.54, 1.807) is 14.0 Å². The summed E-state index contributed by atoms with van der Waals surface area (Å²) < 4.78 is 10.9. The molecule has 0 aliphatic rings. The highest BCUT2D eigenvalue weighted by Crippen LogP contribution is 2.26. The van der Waals surface area contributed by atoms with Gasteiger partial charge in [-0.15, -0.1) is 0 Å². The Bertz CT molecular complexity index is 382. The monoisotopic (exact) mass is 301 g/mol. The third-order valence-corrected chi connectivity index (χ3v) is 2.81. The van der Waals surface area contributed by atoms with E-state index in [1.165, 1.54) is 0 Å². The normalized spacial score (nSPS) is 9.82. The predicted octanol–water partition coefficient (Wildman–Crippen LogP) is 2.82. The summed E-state index contributed by atoms with van der Waals surface area (Å²) >= 11 is 3.42. The van der Waals surface area contributed by atoms with Crippen LogP contribution in [0.1, 0.15) is 13.3 Å². The van der Waals surface area contributed by atoms with Crippen LogP contribution in [-0.2, 0) is 9.53 Å². The maximum Gasteiger partial charge on any atom is 0.307 e. The van der Waals surface area contributed by atoms with Crippen LogP contribution < -0.4 is 10.1 Å². The Morgan fingerprint density at radius 2 is 2.24 bits per heavy atom. The van der Waals surface area contributed by atoms with Crippen molar-refractivity contribution in [1.82, 2.24) is 0 Å². The van der Waals surface area contributed by atoms with Crippen molar-refractivity contribution in [3.8, 4) is 5.75 Å². The Hall–Kier alpha value is -1.23.